The highest BCUT2D eigenvalue weighted by Crippen LogP contribution is 2.22. The van der Waals surface area contributed by atoms with E-state index >= 15 is 0 Å². The number of rotatable bonds is 4. The molecule has 122 valence electrons. The molecule has 0 bridgehead atoms. The molecule has 0 unspecified atom stereocenters. The number of hydrogen-bond donors (Lipinski definition) is 0. The third-order valence-electron chi connectivity index (χ3n) is 4.38. The van der Waals surface area contributed by atoms with Crippen LogP contribution in [0.15, 0.2) is 61.2 Å². The molecule has 0 radical (unpaired) electrons. The number of pyridine rings is 2. The zero-order chi connectivity index (χ0) is 16.4. The molecule has 1 saturated heterocycles. The summed E-state index contributed by atoms with van der Waals surface area (Å²) in [5.74, 6) is -0.0135. The van der Waals surface area contributed by atoms with Gasteiger partial charge >= 0.3 is 0 Å². The van der Waals surface area contributed by atoms with Gasteiger partial charge in [-0.1, -0.05) is 6.07 Å². The van der Waals surface area contributed by atoms with Crippen molar-refractivity contribution in [2.75, 3.05) is 18.1 Å². The van der Waals surface area contributed by atoms with Crippen LogP contribution in [0.3, 0.4) is 0 Å². The number of amides is 1. The lowest BCUT2D eigenvalue weighted by atomic mass is 10.2. The Bertz CT molecular complexity index is 805. The molecule has 0 N–H and O–H groups in total. The summed E-state index contributed by atoms with van der Waals surface area (Å²) < 4.78 is 7.70. The fourth-order valence-corrected chi connectivity index (χ4v) is 3.15. The molecular formula is C19H19N3O2. The lowest BCUT2D eigenvalue weighted by Crippen LogP contribution is -2.37. The Balaban J connectivity index is 1.67. The van der Waals surface area contributed by atoms with Crippen LogP contribution in [0.1, 0.15) is 23.2 Å². The van der Waals surface area contributed by atoms with Gasteiger partial charge < -0.3 is 14.0 Å². The Hall–Kier alpha value is -2.66. The average Bonchev–Trinajstić information content (AvgIpc) is 3.29. The topological polar surface area (TPSA) is 46.8 Å². The van der Waals surface area contributed by atoms with Gasteiger partial charge in [-0.05, 0) is 43.2 Å². The summed E-state index contributed by atoms with van der Waals surface area (Å²) in [5.41, 5.74) is 2.53. The molecule has 0 aromatic carbocycles. The Labute approximate surface area is 140 Å². The van der Waals surface area contributed by atoms with Gasteiger partial charge in [-0.2, -0.15) is 0 Å². The molecule has 0 spiro atoms. The maximum atomic E-state index is 13.1. The standard InChI is InChI=1S/C19H19N3O2/c23-19(15-12-17-4-1-2-10-21(17)13-15)22(14-18-5-3-11-24-18)16-6-8-20-9-7-16/h1-2,4,6-10,12-13,18H,3,5,11,14H2/t18-/m1/s1. The van der Waals surface area contributed by atoms with E-state index in [1.54, 1.807) is 17.3 Å². The first-order chi connectivity index (χ1) is 11.8. The highest BCUT2D eigenvalue weighted by Gasteiger charge is 2.25. The number of ether oxygens (including phenoxy) is 1. The van der Waals surface area contributed by atoms with Crippen LogP contribution in [0.2, 0.25) is 0 Å². The first-order valence-corrected chi connectivity index (χ1v) is 8.21. The molecule has 1 aliphatic heterocycles. The van der Waals surface area contributed by atoms with Crippen molar-refractivity contribution in [1.29, 1.82) is 0 Å². The number of hydrogen-bond acceptors (Lipinski definition) is 3. The van der Waals surface area contributed by atoms with Gasteiger partial charge in [0.1, 0.15) is 0 Å². The van der Waals surface area contributed by atoms with E-state index in [0.717, 1.165) is 30.7 Å². The van der Waals surface area contributed by atoms with E-state index in [-0.39, 0.29) is 12.0 Å². The molecule has 24 heavy (non-hydrogen) atoms. The lowest BCUT2D eigenvalue weighted by molar-refractivity contribution is 0.0917. The molecule has 0 saturated carbocycles. The van der Waals surface area contributed by atoms with Gasteiger partial charge in [0.15, 0.2) is 0 Å². The summed E-state index contributed by atoms with van der Waals surface area (Å²) in [4.78, 5) is 19.0. The molecule has 0 aliphatic carbocycles. The molecular weight excluding hydrogens is 302 g/mol. The van der Waals surface area contributed by atoms with Gasteiger partial charge in [-0.3, -0.25) is 9.78 Å². The van der Waals surface area contributed by atoms with E-state index in [0.29, 0.717) is 12.1 Å². The van der Waals surface area contributed by atoms with Gasteiger partial charge in [-0.25, -0.2) is 0 Å². The van der Waals surface area contributed by atoms with Gasteiger partial charge in [-0.15, -0.1) is 0 Å². The predicted octanol–water partition coefficient (Wildman–Crippen LogP) is 3.16. The minimum absolute atomic E-state index is 0.0135. The number of aromatic nitrogens is 2. The number of fused-ring (bicyclic) bond motifs is 1. The number of carbonyl (C=O) groups excluding carboxylic acids is 1. The number of anilines is 1. The maximum Gasteiger partial charge on any atom is 0.259 e. The highest BCUT2D eigenvalue weighted by molar-refractivity contribution is 6.06. The van der Waals surface area contributed by atoms with Crippen LogP contribution < -0.4 is 4.90 Å². The van der Waals surface area contributed by atoms with E-state index in [1.807, 2.05) is 53.2 Å². The normalized spacial score (nSPS) is 17.2. The summed E-state index contributed by atoms with van der Waals surface area (Å²) in [6, 6.07) is 11.6. The Morgan fingerprint density at radius 3 is 2.92 bits per heavy atom. The maximum absolute atomic E-state index is 13.1. The zero-order valence-electron chi connectivity index (χ0n) is 13.3. The Morgan fingerprint density at radius 1 is 1.29 bits per heavy atom. The van der Waals surface area contributed by atoms with Crippen molar-refractivity contribution >= 4 is 17.1 Å². The highest BCUT2D eigenvalue weighted by atomic mass is 16.5. The van der Waals surface area contributed by atoms with Crippen molar-refractivity contribution < 1.29 is 9.53 Å². The fraction of sp³-hybridized carbons (Fsp3) is 0.263. The van der Waals surface area contributed by atoms with Crippen LogP contribution in [0.25, 0.3) is 5.52 Å². The van der Waals surface area contributed by atoms with Crippen LogP contribution in [0.4, 0.5) is 5.69 Å². The number of carbonyl (C=O) groups is 1. The van der Waals surface area contributed by atoms with E-state index in [2.05, 4.69) is 4.98 Å². The first-order valence-electron chi connectivity index (χ1n) is 8.21. The van der Waals surface area contributed by atoms with E-state index in [4.69, 9.17) is 4.74 Å². The smallest absolute Gasteiger partial charge is 0.259 e. The minimum Gasteiger partial charge on any atom is -0.376 e. The molecule has 5 heteroatoms. The molecule has 1 aliphatic rings. The predicted molar refractivity (Wildman–Crippen MR) is 92.3 cm³/mol. The summed E-state index contributed by atoms with van der Waals surface area (Å²) in [6.07, 6.45) is 9.39. The lowest BCUT2D eigenvalue weighted by Gasteiger charge is -2.25. The van der Waals surface area contributed by atoms with E-state index in [9.17, 15) is 4.79 Å². The summed E-state index contributed by atoms with van der Waals surface area (Å²) in [7, 11) is 0. The van der Waals surface area contributed by atoms with Crippen molar-refractivity contribution in [3.63, 3.8) is 0 Å². The number of nitrogens with zero attached hydrogens (tertiary/aromatic N) is 3. The van der Waals surface area contributed by atoms with Crippen LogP contribution >= 0.6 is 0 Å². The minimum atomic E-state index is -0.0135. The van der Waals surface area contributed by atoms with Crippen molar-refractivity contribution in [2.45, 2.75) is 18.9 Å². The van der Waals surface area contributed by atoms with Crippen LogP contribution in [0.5, 0.6) is 0 Å². The first kappa shape index (κ1) is 14.9. The summed E-state index contributed by atoms with van der Waals surface area (Å²) in [6.45, 7) is 1.34. The molecule has 4 heterocycles. The van der Waals surface area contributed by atoms with Crippen molar-refractivity contribution in [2.24, 2.45) is 0 Å². The average molecular weight is 321 g/mol. The summed E-state index contributed by atoms with van der Waals surface area (Å²) in [5, 5.41) is 0. The Morgan fingerprint density at radius 2 is 2.17 bits per heavy atom. The van der Waals surface area contributed by atoms with Crippen LogP contribution in [0, 0.1) is 0 Å². The van der Waals surface area contributed by atoms with Gasteiger partial charge in [0.2, 0.25) is 0 Å². The largest absolute Gasteiger partial charge is 0.376 e. The van der Waals surface area contributed by atoms with E-state index in [1.165, 1.54) is 0 Å². The van der Waals surface area contributed by atoms with Gasteiger partial charge in [0.25, 0.3) is 5.91 Å². The molecule has 1 amide bonds. The monoisotopic (exact) mass is 321 g/mol. The molecule has 1 fully saturated rings. The van der Waals surface area contributed by atoms with Gasteiger partial charge in [0, 0.05) is 42.6 Å². The van der Waals surface area contributed by atoms with Crippen molar-refractivity contribution in [1.82, 2.24) is 9.38 Å². The molecule has 3 aromatic heterocycles. The Kier molecular flexibility index (Phi) is 4.01. The van der Waals surface area contributed by atoms with Crippen LogP contribution in [-0.4, -0.2) is 34.5 Å². The second kappa shape index (κ2) is 6.45. The van der Waals surface area contributed by atoms with Crippen LogP contribution in [-0.2, 0) is 4.74 Å². The fourth-order valence-electron chi connectivity index (χ4n) is 3.15. The van der Waals surface area contributed by atoms with Crippen molar-refractivity contribution in [3.8, 4) is 0 Å². The SMILES string of the molecule is O=C(c1cc2ccccn2c1)N(C[C@H]1CCCO1)c1ccncc1. The second-order valence-corrected chi connectivity index (χ2v) is 6.02. The molecule has 1 atom stereocenters. The molecule has 5 nitrogen and oxygen atoms in total. The van der Waals surface area contributed by atoms with E-state index < -0.39 is 0 Å². The second-order valence-electron chi connectivity index (χ2n) is 6.02. The third-order valence-corrected chi connectivity index (χ3v) is 4.38. The van der Waals surface area contributed by atoms with Crippen molar-refractivity contribution in [3.05, 3.63) is 66.7 Å². The molecule has 3 aromatic rings. The molecule has 4 rings (SSSR count). The van der Waals surface area contributed by atoms with Gasteiger partial charge in [0.05, 0.1) is 18.2 Å². The summed E-state index contributed by atoms with van der Waals surface area (Å²) >= 11 is 0. The zero-order valence-corrected chi connectivity index (χ0v) is 13.3. The quantitative estimate of drug-likeness (QED) is 0.741. The third kappa shape index (κ3) is 2.90.